The molecule has 1 aliphatic heterocycles. The summed E-state index contributed by atoms with van der Waals surface area (Å²) in [6.45, 7) is 7.35. The number of ether oxygens (including phenoxy) is 6. The fourth-order valence-corrected chi connectivity index (χ4v) is 3.93. The van der Waals surface area contributed by atoms with E-state index in [-0.39, 0.29) is 19.8 Å². The van der Waals surface area contributed by atoms with Crippen LogP contribution in [0.25, 0.3) is 0 Å². The molecule has 206 valence electrons. The molecule has 1 fully saturated rings. The minimum absolute atomic E-state index is 0.152. The van der Waals surface area contributed by atoms with E-state index in [1.807, 2.05) is 60.7 Å². The number of methoxy groups -OCH3 is 1. The number of esters is 2. The van der Waals surface area contributed by atoms with Crippen LogP contribution in [-0.4, -0.2) is 56.4 Å². The summed E-state index contributed by atoms with van der Waals surface area (Å²) in [6, 6.07) is 19.3. The van der Waals surface area contributed by atoms with Gasteiger partial charge in [-0.3, -0.25) is 4.79 Å². The molecule has 8 nitrogen and oxygen atoms in total. The summed E-state index contributed by atoms with van der Waals surface area (Å²) in [5, 5.41) is 0. The van der Waals surface area contributed by atoms with Crippen molar-refractivity contribution in [1.82, 2.24) is 0 Å². The van der Waals surface area contributed by atoms with Gasteiger partial charge in [-0.15, -0.1) is 0 Å². The van der Waals surface area contributed by atoms with Crippen LogP contribution in [0.1, 0.15) is 38.8 Å². The predicted octanol–water partition coefficient (Wildman–Crippen LogP) is 4.61. The molecule has 0 N–H and O–H groups in total. The molecular weight excluding hydrogens is 488 g/mol. The van der Waals surface area contributed by atoms with E-state index in [0.717, 1.165) is 11.1 Å². The highest BCUT2D eigenvalue weighted by molar-refractivity contribution is 5.82. The zero-order valence-electron chi connectivity index (χ0n) is 22.7. The van der Waals surface area contributed by atoms with E-state index in [1.165, 1.54) is 13.2 Å². The van der Waals surface area contributed by atoms with Crippen LogP contribution in [0.15, 0.2) is 72.8 Å². The van der Waals surface area contributed by atoms with E-state index in [4.69, 9.17) is 28.4 Å². The molecule has 0 saturated carbocycles. The smallest absolute Gasteiger partial charge is 0.330 e. The number of carbonyl (C=O) groups is 2. The minimum atomic E-state index is -0.942. The molecule has 3 rings (SSSR count). The van der Waals surface area contributed by atoms with Gasteiger partial charge >= 0.3 is 11.9 Å². The maximum absolute atomic E-state index is 12.6. The molecule has 0 bridgehead atoms. The Morgan fingerprint density at radius 1 is 0.868 bits per heavy atom. The van der Waals surface area contributed by atoms with Gasteiger partial charge in [0.25, 0.3) is 0 Å². The van der Waals surface area contributed by atoms with Gasteiger partial charge in [0.1, 0.15) is 24.9 Å². The predicted molar refractivity (Wildman–Crippen MR) is 141 cm³/mol. The van der Waals surface area contributed by atoms with Gasteiger partial charge in [0.2, 0.25) is 0 Å². The number of rotatable bonds is 11. The second-order valence-electron chi connectivity index (χ2n) is 10.1. The second-order valence-corrected chi connectivity index (χ2v) is 10.1. The van der Waals surface area contributed by atoms with E-state index in [2.05, 4.69) is 0 Å². The molecule has 8 heteroatoms. The maximum atomic E-state index is 12.6. The first-order valence-corrected chi connectivity index (χ1v) is 12.7. The van der Waals surface area contributed by atoms with Gasteiger partial charge in [0.15, 0.2) is 12.4 Å². The molecule has 1 saturated heterocycles. The van der Waals surface area contributed by atoms with E-state index in [9.17, 15) is 9.59 Å². The van der Waals surface area contributed by atoms with Crippen molar-refractivity contribution in [2.45, 2.75) is 71.6 Å². The summed E-state index contributed by atoms with van der Waals surface area (Å²) < 4.78 is 35.9. The Morgan fingerprint density at radius 2 is 1.42 bits per heavy atom. The van der Waals surface area contributed by atoms with Crippen LogP contribution in [0.2, 0.25) is 0 Å². The van der Waals surface area contributed by atoms with Gasteiger partial charge < -0.3 is 28.4 Å². The van der Waals surface area contributed by atoms with Gasteiger partial charge in [0.05, 0.1) is 18.6 Å². The van der Waals surface area contributed by atoms with E-state index < -0.39 is 48.1 Å². The molecule has 1 heterocycles. The average Bonchev–Trinajstić information content (AvgIpc) is 2.91. The summed E-state index contributed by atoms with van der Waals surface area (Å²) in [5.74, 6) is -0.975. The molecule has 0 aromatic heterocycles. The van der Waals surface area contributed by atoms with Crippen molar-refractivity contribution in [3.8, 4) is 0 Å². The van der Waals surface area contributed by atoms with E-state index >= 15 is 0 Å². The van der Waals surface area contributed by atoms with Gasteiger partial charge in [-0.2, -0.15) is 0 Å². The van der Waals surface area contributed by atoms with Gasteiger partial charge in [-0.1, -0.05) is 66.7 Å². The topological polar surface area (TPSA) is 89.5 Å². The third-order valence-electron chi connectivity index (χ3n) is 5.94. The first-order valence-electron chi connectivity index (χ1n) is 12.7. The third-order valence-corrected chi connectivity index (χ3v) is 5.94. The molecule has 2 aromatic rings. The third kappa shape index (κ3) is 8.49. The number of carbonyl (C=O) groups excluding carboxylic acids is 2. The van der Waals surface area contributed by atoms with Gasteiger partial charge in [-0.05, 0) is 38.8 Å². The quantitative estimate of drug-likeness (QED) is 0.310. The number of benzene rings is 2. The molecule has 2 aromatic carbocycles. The lowest BCUT2D eigenvalue weighted by Gasteiger charge is -2.45. The molecule has 38 heavy (non-hydrogen) atoms. The summed E-state index contributed by atoms with van der Waals surface area (Å²) >= 11 is 0. The summed E-state index contributed by atoms with van der Waals surface area (Å²) in [4.78, 5) is 25.1. The molecule has 0 spiro atoms. The highest BCUT2D eigenvalue weighted by Crippen LogP contribution is 2.31. The minimum Gasteiger partial charge on any atom is -0.462 e. The van der Waals surface area contributed by atoms with Crippen LogP contribution >= 0.6 is 0 Å². The van der Waals surface area contributed by atoms with Crippen LogP contribution in [0.5, 0.6) is 0 Å². The highest BCUT2D eigenvalue weighted by atomic mass is 16.7. The first kappa shape index (κ1) is 29.5. The lowest BCUT2D eigenvalue weighted by Crippen LogP contribution is -2.62. The van der Waals surface area contributed by atoms with E-state index in [1.54, 1.807) is 33.8 Å². The second kappa shape index (κ2) is 14.2. The Bertz CT molecular complexity index is 1030. The Hall–Kier alpha value is -3.04. The highest BCUT2D eigenvalue weighted by Gasteiger charge is 2.50. The van der Waals surface area contributed by atoms with Crippen molar-refractivity contribution in [2.24, 2.45) is 5.41 Å². The molecule has 0 aliphatic carbocycles. The van der Waals surface area contributed by atoms with Gasteiger partial charge in [0, 0.05) is 13.2 Å². The Labute approximate surface area is 224 Å². The Balaban J connectivity index is 1.91. The monoisotopic (exact) mass is 526 g/mol. The van der Waals surface area contributed by atoms with Crippen LogP contribution in [0.3, 0.4) is 0 Å². The van der Waals surface area contributed by atoms with Crippen molar-refractivity contribution in [2.75, 3.05) is 13.7 Å². The fourth-order valence-electron chi connectivity index (χ4n) is 3.93. The molecule has 5 atom stereocenters. The SMILES string of the molecule is C/C=C/C(=O)O[C@H]1[C@H](OCc2ccccc2)[C@@H](OCc2ccccc2)[C@@H](OC)O[C@@H]1COC(=O)C(C)(C)C. The summed E-state index contributed by atoms with van der Waals surface area (Å²) in [7, 11) is 1.50. The van der Waals surface area contributed by atoms with Crippen LogP contribution in [0.4, 0.5) is 0 Å². The van der Waals surface area contributed by atoms with Crippen LogP contribution in [-0.2, 0) is 51.2 Å². The number of hydrogen-bond donors (Lipinski definition) is 0. The summed E-state index contributed by atoms with van der Waals surface area (Å²) in [5.41, 5.74) is 1.17. The Kier molecular flexibility index (Phi) is 11.0. The standard InChI is InChI=1S/C30H38O8/c1-6-13-24(31)38-25-23(20-36-29(32)30(2,3)4)37-28(33-5)27(35-19-22-16-11-8-12-17-22)26(25)34-18-21-14-9-7-10-15-21/h6-17,23,25-28H,18-20H2,1-5H3/b13-6+/t23-,25-,26+,27-,28+/m1/s1. The van der Waals surface area contributed by atoms with Crippen molar-refractivity contribution >= 4 is 11.9 Å². The lowest BCUT2D eigenvalue weighted by molar-refractivity contribution is -0.316. The van der Waals surface area contributed by atoms with Crippen molar-refractivity contribution in [3.63, 3.8) is 0 Å². The molecule has 0 radical (unpaired) electrons. The molecule has 0 unspecified atom stereocenters. The maximum Gasteiger partial charge on any atom is 0.330 e. The largest absolute Gasteiger partial charge is 0.462 e. The number of hydrogen-bond acceptors (Lipinski definition) is 8. The number of allylic oxidation sites excluding steroid dienone is 1. The first-order chi connectivity index (χ1) is 18.2. The van der Waals surface area contributed by atoms with Gasteiger partial charge in [-0.25, -0.2) is 4.79 Å². The van der Waals surface area contributed by atoms with E-state index in [0.29, 0.717) is 0 Å². The molecule has 0 amide bonds. The summed E-state index contributed by atoms with van der Waals surface area (Å²) in [6.07, 6.45) is -1.29. The van der Waals surface area contributed by atoms with Crippen LogP contribution < -0.4 is 0 Å². The molecule has 1 aliphatic rings. The van der Waals surface area contributed by atoms with Crippen molar-refractivity contribution in [1.29, 1.82) is 0 Å². The Morgan fingerprint density at radius 3 is 1.92 bits per heavy atom. The average molecular weight is 527 g/mol. The molecular formula is C30H38O8. The van der Waals surface area contributed by atoms with Crippen molar-refractivity contribution in [3.05, 3.63) is 83.9 Å². The zero-order valence-corrected chi connectivity index (χ0v) is 22.7. The van der Waals surface area contributed by atoms with Crippen molar-refractivity contribution < 1.29 is 38.0 Å². The normalized spacial score (nSPS) is 23.8. The fraction of sp³-hybridized carbons (Fsp3) is 0.467. The lowest BCUT2D eigenvalue weighted by atomic mass is 9.96. The zero-order chi connectivity index (χ0) is 27.5. The van der Waals surface area contributed by atoms with Crippen LogP contribution in [0, 0.1) is 5.41 Å².